The van der Waals surface area contributed by atoms with Gasteiger partial charge < -0.3 is 20.3 Å². The SMILES string of the molecule is CC(C)NC(=O)Nc1ccc(-c2nc(CS(=O)(=O)c3ccc(F)cc3)cc(N3CCOC[C@@H]3C)n2)cc1. The van der Waals surface area contributed by atoms with Gasteiger partial charge in [0.25, 0.3) is 0 Å². The first-order valence-corrected chi connectivity index (χ1v) is 13.6. The molecular weight excluding hydrogens is 497 g/mol. The van der Waals surface area contributed by atoms with Crippen LogP contribution >= 0.6 is 0 Å². The van der Waals surface area contributed by atoms with Crippen molar-refractivity contribution in [2.45, 2.75) is 43.5 Å². The van der Waals surface area contributed by atoms with Gasteiger partial charge >= 0.3 is 6.03 Å². The molecule has 0 saturated carbocycles. The van der Waals surface area contributed by atoms with Gasteiger partial charge in [-0.2, -0.15) is 0 Å². The summed E-state index contributed by atoms with van der Waals surface area (Å²) >= 11 is 0. The Kier molecular flexibility index (Phi) is 8.03. The zero-order valence-corrected chi connectivity index (χ0v) is 21.8. The van der Waals surface area contributed by atoms with Crippen LogP contribution in [-0.4, -0.2) is 56.3 Å². The quantitative estimate of drug-likeness (QED) is 0.446. The van der Waals surface area contributed by atoms with E-state index in [1.807, 2.05) is 20.8 Å². The molecule has 1 atom stereocenters. The first kappa shape index (κ1) is 26.5. The molecule has 9 nitrogen and oxygen atoms in total. The summed E-state index contributed by atoms with van der Waals surface area (Å²) in [4.78, 5) is 23.4. The molecule has 2 aromatic carbocycles. The summed E-state index contributed by atoms with van der Waals surface area (Å²) in [6.07, 6.45) is 0. The van der Waals surface area contributed by atoms with Gasteiger partial charge in [-0.3, -0.25) is 0 Å². The Morgan fingerprint density at radius 1 is 1.14 bits per heavy atom. The number of carbonyl (C=O) groups excluding carboxylic acids is 1. The maximum Gasteiger partial charge on any atom is 0.319 e. The molecule has 0 aliphatic carbocycles. The van der Waals surface area contributed by atoms with E-state index in [9.17, 15) is 17.6 Å². The predicted molar refractivity (Wildman–Crippen MR) is 140 cm³/mol. The summed E-state index contributed by atoms with van der Waals surface area (Å²) in [6.45, 7) is 7.42. The molecule has 196 valence electrons. The van der Waals surface area contributed by atoms with Crippen LogP contribution in [0.1, 0.15) is 26.5 Å². The topological polar surface area (TPSA) is 114 Å². The van der Waals surface area contributed by atoms with Crippen LogP contribution in [0.5, 0.6) is 0 Å². The van der Waals surface area contributed by atoms with Crippen LogP contribution in [0.15, 0.2) is 59.5 Å². The van der Waals surface area contributed by atoms with Crippen LogP contribution in [0.25, 0.3) is 11.4 Å². The average molecular weight is 528 g/mol. The number of hydrogen-bond donors (Lipinski definition) is 2. The number of rotatable bonds is 7. The second-order valence-corrected chi connectivity index (χ2v) is 11.2. The summed E-state index contributed by atoms with van der Waals surface area (Å²) in [5.74, 6) is 0.0864. The molecule has 0 radical (unpaired) electrons. The number of anilines is 2. The molecule has 11 heteroatoms. The molecule has 0 unspecified atom stereocenters. The molecule has 1 saturated heterocycles. The van der Waals surface area contributed by atoms with Crippen molar-refractivity contribution in [3.63, 3.8) is 0 Å². The normalized spacial score (nSPS) is 16.0. The highest BCUT2D eigenvalue weighted by Crippen LogP contribution is 2.26. The number of nitrogens with one attached hydrogen (secondary N) is 2. The summed E-state index contributed by atoms with van der Waals surface area (Å²) in [5, 5.41) is 5.53. The lowest BCUT2D eigenvalue weighted by molar-refractivity contribution is 0.0985. The van der Waals surface area contributed by atoms with E-state index in [-0.39, 0.29) is 28.8 Å². The van der Waals surface area contributed by atoms with E-state index in [1.54, 1.807) is 30.3 Å². The number of hydrogen-bond acceptors (Lipinski definition) is 7. The van der Waals surface area contributed by atoms with Crippen LogP contribution in [0.4, 0.5) is 20.7 Å². The zero-order chi connectivity index (χ0) is 26.6. The number of nitrogens with zero attached hydrogens (tertiary/aromatic N) is 3. The number of amides is 2. The van der Waals surface area contributed by atoms with Crippen molar-refractivity contribution in [3.05, 3.63) is 66.1 Å². The lowest BCUT2D eigenvalue weighted by Crippen LogP contribution is -2.44. The maximum atomic E-state index is 13.3. The zero-order valence-electron chi connectivity index (χ0n) is 20.9. The van der Waals surface area contributed by atoms with E-state index in [1.165, 1.54) is 12.1 Å². The fraction of sp³-hybridized carbons (Fsp3) is 0.346. The molecule has 1 aliphatic rings. The minimum atomic E-state index is -3.77. The fourth-order valence-electron chi connectivity index (χ4n) is 3.95. The Balaban J connectivity index is 1.66. The first-order chi connectivity index (χ1) is 17.6. The van der Waals surface area contributed by atoms with Crippen molar-refractivity contribution >= 4 is 27.4 Å². The minimum absolute atomic E-state index is 0.00241. The Morgan fingerprint density at radius 3 is 2.49 bits per heavy atom. The molecule has 0 spiro atoms. The minimum Gasteiger partial charge on any atom is -0.377 e. The fourth-order valence-corrected chi connectivity index (χ4v) is 5.21. The van der Waals surface area contributed by atoms with E-state index < -0.39 is 15.7 Å². The standard InChI is InChI=1S/C26H30FN5O4S/c1-17(2)28-26(33)30-21-8-4-19(5-9-21)25-29-22(14-24(31-25)32-12-13-36-15-18(32)3)16-37(34,35)23-10-6-20(27)7-11-23/h4-11,14,17-18H,12-13,15-16H2,1-3H3,(H2,28,30,33)/t18-/m0/s1. The van der Waals surface area contributed by atoms with Crippen LogP contribution < -0.4 is 15.5 Å². The third-order valence-corrected chi connectivity index (χ3v) is 7.43. The summed E-state index contributed by atoms with van der Waals surface area (Å²) in [5.41, 5.74) is 1.58. The number of ether oxygens (including phenoxy) is 1. The van der Waals surface area contributed by atoms with E-state index in [4.69, 9.17) is 9.72 Å². The maximum absolute atomic E-state index is 13.3. The largest absolute Gasteiger partial charge is 0.377 e. The van der Waals surface area contributed by atoms with Crippen molar-refractivity contribution in [1.29, 1.82) is 0 Å². The van der Waals surface area contributed by atoms with Gasteiger partial charge in [0, 0.05) is 29.9 Å². The molecule has 2 amide bonds. The first-order valence-electron chi connectivity index (χ1n) is 12.0. The van der Waals surface area contributed by atoms with Gasteiger partial charge in [-0.15, -0.1) is 0 Å². The lowest BCUT2D eigenvalue weighted by Gasteiger charge is -2.34. The smallest absolute Gasteiger partial charge is 0.319 e. The van der Waals surface area contributed by atoms with Crippen molar-refractivity contribution in [1.82, 2.24) is 15.3 Å². The van der Waals surface area contributed by atoms with Crippen molar-refractivity contribution < 1.29 is 22.3 Å². The van der Waals surface area contributed by atoms with Gasteiger partial charge in [-0.1, -0.05) is 0 Å². The van der Waals surface area contributed by atoms with E-state index in [0.717, 1.165) is 12.1 Å². The van der Waals surface area contributed by atoms with Gasteiger partial charge in [0.2, 0.25) is 0 Å². The Hall–Kier alpha value is -3.57. The highest BCUT2D eigenvalue weighted by Gasteiger charge is 2.24. The number of carbonyl (C=O) groups is 1. The third-order valence-electron chi connectivity index (χ3n) is 5.76. The number of benzene rings is 2. The summed E-state index contributed by atoms with van der Waals surface area (Å²) < 4.78 is 45.0. The predicted octanol–water partition coefficient (Wildman–Crippen LogP) is 4.01. The molecule has 2 N–H and O–H groups in total. The molecular formula is C26H30FN5O4S. The molecule has 4 rings (SSSR count). The molecule has 0 bridgehead atoms. The second kappa shape index (κ2) is 11.2. The Bertz CT molecular complexity index is 1350. The molecule has 37 heavy (non-hydrogen) atoms. The van der Waals surface area contributed by atoms with Gasteiger partial charge in [-0.25, -0.2) is 27.6 Å². The number of aromatic nitrogens is 2. The Labute approximate surface area is 216 Å². The number of urea groups is 1. The second-order valence-electron chi connectivity index (χ2n) is 9.20. The van der Waals surface area contributed by atoms with Crippen LogP contribution in [0.3, 0.4) is 0 Å². The third kappa shape index (κ3) is 6.80. The van der Waals surface area contributed by atoms with E-state index >= 15 is 0 Å². The van der Waals surface area contributed by atoms with Crippen LogP contribution in [-0.2, 0) is 20.3 Å². The van der Waals surface area contributed by atoms with Crippen LogP contribution in [0.2, 0.25) is 0 Å². The van der Waals surface area contributed by atoms with Crippen LogP contribution in [0, 0.1) is 5.82 Å². The molecule has 1 fully saturated rings. The van der Waals surface area contributed by atoms with Crippen molar-refractivity contribution in [2.24, 2.45) is 0 Å². The average Bonchev–Trinajstić information content (AvgIpc) is 2.84. The highest BCUT2D eigenvalue weighted by atomic mass is 32.2. The van der Waals surface area contributed by atoms with Crippen molar-refractivity contribution in [2.75, 3.05) is 30.0 Å². The van der Waals surface area contributed by atoms with Gasteiger partial charge in [0.1, 0.15) is 11.6 Å². The molecule has 2 heterocycles. The van der Waals surface area contributed by atoms with Gasteiger partial charge in [0.15, 0.2) is 15.7 Å². The monoisotopic (exact) mass is 527 g/mol. The van der Waals surface area contributed by atoms with Gasteiger partial charge in [0.05, 0.1) is 35.6 Å². The summed E-state index contributed by atoms with van der Waals surface area (Å²) in [7, 11) is -3.77. The van der Waals surface area contributed by atoms with E-state index in [0.29, 0.717) is 48.3 Å². The Morgan fingerprint density at radius 2 is 1.84 bits per heavy atom. The molecule has 1 aromatic heterocycles. The lowest BCUT2D eigenvalue weighted by atomic mass is 10.2. The molecule has 1 aliphatic heterocycles. The number of morpholine rings is 1. The highest BCUT2D eigenvalue weighted by molar-refractivity contribution is 7.90. The number of halogens is 1. The number of sulfone groups is 1. The molecule has 3 aromatic rings. The van der Waals surface area contributed by atoms with Crippen molar-refractivity contribution in [3.8, 4) is 11.4 Å². The summed E-state index contributed by atoms with van der Waals surface area (Å²) in [6, 6.07) is 13.2. The van der Waals surface area contributed by atoms with E-state index in [2.05, 4.69) is 20.5 Å². The van der Waals surface area contributed by atoms with Gasteiger partial charge in [-0.05, 0) is 69.3 Å².